The van der Waals surface area contributed by atoms with E-state index < -0.39 is 16.1 Å². The van der Waals surface area contributed by atoms with Crippen LogP contribution in [0.4, 0.5) is 0 Å². The second kappa shape index (κ2) is 6.74. The van der Waals surface area contributed by atoms with Gasteiger partial charge in [-0.25, -0.2) is 13.1 Å². The second-order valence-corrected chi connectivity index (χ2v) is 7.62. The van der Waals surface area contributed by atoms with Crippen LogP contribution in [0.3, 0.4) is 0 Å². The lowest BCUT2D eigenvalue weighted by molar-refractivity contribution is -0.131. The van der Waals surface area contributed by atoms with Crippen LogP contribution < -0.4 is 4.72 Å². The molecule has 0 aromatic carbocycles. The minimum absolute atomic E-state index is 0.185. The molecule has 1 fully saturated rings. The number of carbonyl (C=O) groups excluding carboxylic acids is 1. The Morgan fingerprint density at radius 3 is 2.68 bits per heavy atom. The maximum atomic E-state index is 12.1. The molecular weight excluding hydrogens is 308 g/mol. The van der Waals surface area contributed by atoms with Crippen molar-refractivity contribution < 1.29 is 17.7 Å². The number of aromatic nitrogens is 2. The molecule has 124 valence electrons. The molecule has 9 heteroatoms. The largest absolute Gasteiger partial charge is 0.339 e. The zero-order valence-corrected chi connectivity index (χ0v) is 13.9. The average Bonchev–Trinajstić information content (AvgIpc) is 3.05. The van der Waals surface area contributed by atoms with E-state index >= 15 is 0 Å². The Labute approximate surface area is 130 Å². The molecule has 0 unspecified atom stereocenters. The summed E-state index contributed by atoms with van der Waals surface area (Å²) in [7, 11) is -1.85. The molecular formula is C13H22N4O4S. The topological polar surface area (TPSA) is 105 Å². The van der Waals surface area contributed by atoms with Gasteiger partial charge in [0.15, 0.2) is 5.82 Å². The summed E-state index contributed by atoms with van der Waals surface area (Å²) < 4.78 is 29.8. The summed E-state index contributed by atoms with van der Waals surface area (Å²) in [6.45, 7) is 1.69. The van der Waals surface area contributed by atoms with Gasteiger partial charge in [0, 0.05) is 13.0 Å². The number of hydrogen-bond donors (Lipinski definition) is 1. The second-order valence-electron chi connectivity index (χ2n) is 5.84. The van der Waals surface area contributed by atoms with Crippen molar-refractivity contribution in [2.24, 2.45) is 0 Å². The van der Waals surface area contributed by atoms with Gasteiger partial charge in [-0.3, -0.25) is 4.79 Å². The van der Waals surface area contributed by atoms with Gasteiger partial charge in [-0.1, -0.05) is 18.0 Å². The molecule has 22 heavy (non-hydrogen) atoms. The van der Waals surface area contributed by atoms with E-state index in [2.05, 4.69) is 14.9 Å². The van der Waals surface area contributed by atoms with Gasteiger partial charge in [0.25, 0.3) is 0 Å². The van der Waals surface area contributed by atoms with Gasteiger partial charge < -0.3 is 9.42 Å². The number of rotatable bonds is 6. The molecule has 1 amide bonds. The first-order valence-electron chi connectivity index (χ1n) is 7.31. The van der Waals surface area contributed by atoms with Crippen LogP contribution in [0.25, 0.3) is 0 Å². The van der Waals surface area contributed by atoms with Crippen LogP contribution in [0.2, 0.25) is 0 Å². The Bertz CT molecular complexity index is 622. The minimum atomic E-state index is -3.43. The van der Waals surface area contributed by atoms with Crippen LogP contribution in [0.15, 0.2) is 4.52 Å². The van der Waals surface area contributed by atoms with Gasteiger partial charge in [0.05, 0.1) is 18.8 Å². The Morgan fingerprint density at radius 2 is 2.09 bits per heavy atom. The van der Waals surface area contributed by atoms with E-state index in [1.165, 1.54) is 24.7 Å². The zero-order chi connectivity index (χ0) is 16.3. The van der Waals surface area contributed by atoms with E-state index in [0.29, 0.717) is 17.6 Å². The lowest BCUT2D eigenvalue weighted by Gasteiger charge is -2.19. The molecule has 1 atom stereocenters. The van der Waals surface area contributed by atoms with Crippen molar-refractivity contribution in [2.75, 3.05) is 13.3 Å². The SMILES string of the molecule is C[C@H](NS(C)(=O)=O)C(=O)N(C)Cc1noc(C2CCCC2)n1. The third kappa shape index (κ3) is 4.51. The molecule has 1 aliphatic rings. The number of sulfonamides is 1. The van der Waals surface area contributed by atoms with Gasteiger partial charge >= 0.3 is 0 Å². The van der Waals surface area contributed by atoms with Gasteiger partial charge in [-0.2, -0.15) is 4.98 Å². The highest BCUT2D eigenvalue weighted by Gasteiger charge is 2.25. The molecule has 1 aromatic rings. The molecule has 0 spiro atoms. The number of likely N-dealkylation sites (N-methyl/N-ethyl adjacent to an activating group) is 1. The summed E-state index contributed by atoms with van der Waals surface area (Å²) in [6, 6.07) is -0.832. The van der Waals surface area contributed by atoms with Gasteiger partial charge in [-0.15, -0.1) is 0 Å². The fourth-order valence-corrected chi connectivity index (χ4v) is 3.41. The maximum Gasteiger partial charge on any atom is 0.240 e. The van der Waals surface area contributed by atoms with E-state index in [0.717, 1.165) is 19.1 Å². The molecule has 2 rings (SSSR count). The average molecular weight is 330 g/mol. The van der Waals surface area contributed by atoms with Crippen LogP contribution in [0, 0.1) is 0 Å². The highest BCUT2D eigenvalue weighted by Crippen LogP contribution is 2.32. The molecule has 1 saturated carbocycles. The number of nitrogens with zero attached hydrogens (tertiary/aromatic N) is 3. The lowest BCUT2D eigenvalue weighted by atomic mass is 10.1. The molecule has 0 radical (unpaired) electrons. The predicted octanol–water partition coefficient (Wildman–Crippen LogP) is 0.623. The zero-order valence-electron chi connectivity index (χ0n) is 13.1. The van der Waals surface area contributed by atoms with Crippen molar-refractivity contribution in [3.05, 3.63) is 11.7 Å². The van der Waals surface area contributed by atoms with Crippen LogP contribution in [0.5, 0.6) is 0 Å². The Morgan fingerprint density at radius 1 is 1.45 bits per heavy atom. The fourth-order valence-electron chi connectivity index (χ4n) is 2.66. The van der Waals surface area contributed by atoms with Crippen LogP contribution in [-0.2, 0) is 21.4 Å². The number of hydrogen-bond acceptors (Lipinski definition) is 6. The first-order valence-corrected chi connectivity index (χ1v) is 9.20. The third-order valence-electron chi connectivity index (χ3n) is 3.70. The summed E-state index contributed by atoms with van der Waals surface area (Å²) in [6.07, 6.45) is 5.49. The summed E-state index contributed by atoms with van der Waals surface area (Å²) >= 11 is 0. The van der Waals surface area contributed by atoms with Crippen molar-refractivity contribution in [1.82, 2.24) is 19.8 Å². The standard InChI is InChI=1S/C13H22N4O4S/c1-9(16-22(3,19)20)13(18)17(2)8-11-14-12(21-15-11)10-6-4-5-7-10/h9-10,16H,4-8H2,1-3H3/t9-/m0/s1. The fraction of sp³-hybridized carbons (Fsp3) is 0.769. The van der Waals surface area contributed by atoms with E-state index in [1.54, 1.807) is 7.05 Å². The molecule has 0 bridgehead atoms. The molecule has 0 saturated heterocycles. The molecule has 1 heterocycles. The van der Waals surface area contributed by atoms with Gasteiger partial charge in [0.1, 0.15) is 0 Å². The smallest absolute Gasteiger partial charge is 0.240 e. The van der Waals surface area contributed by atoms with E-state index in [9.17, 15) is 13.2 Å². The molecule has 8 nitrogen and oxygen atoms in total. The third-order valence-corrected chi connectivity index (χ3v) is 4.49. The number of amides is 1. The molecule has 1 N–H and O–H groups in total. The summed E-state index contributed by atoms with van der Waals surface area (Å²) in [5.74, 6) is 1.05. The molecule has 1 aliphatic carbocycles. The van der Waals surface area contributed by atoms with Gasteiger partial charge in [0.2, 0.25) is 21.8 Å². The molecule has 1 aromatic heterocycles. The van der Waals surface area contributed by atoms with Crippen molar-refractivity contribution in [3.8, 4) is 0 Å². The first kappa shape index (κ1) is 16.9. The number of carbonyl (C=O) groups is 1. The Balaban J connectivity index is 1.93. The highest BCUT2D eigenvalue weighted by atomic mass is 32.2. The first-order chi connectivity index (χ1) is 10.3. The van der Waals surface area contributed by atoms with Crippen molar-refractivity contribution in [2.45, 2.75) is 51.1 Å². The Hall–Kier alpha value is -1.48. The summed E-state index contributed by atoms with van der Waals surface area (Å²) in [5, 5.41) is 3.90. The van der Waals surface area contributed by atoms with Crippen LogP contribution in [-0.4, -0.2) is 48.7 Å². The minimum Gasteiger partial charge on any atom is -0.339 e. The highest BCUT2D eigenvalue weighted by molar-refractivity contribution is 7.88. The van der Waals surface area contributed by atoms with Crippen LogP contribution >= 0.6 is 0 Å². The quantitative estimate of drug-likeness (QED) is 0.820. The predicted molar refractivity (Wildman–Crippen MR) is 79.4 cm³/mol. The summed E-state index contributed by atoms with van der Waals surface area (Å²) in [5.41, 5.74) is 0. The lowest BCUT2D eigenvalue weighted by Crippen LogP contribution is -2.44. The normalized spacial score (nSPS) is 17.6. The van der Waals surface area contributed by atoms with E-state index in [-0.39, 0.29) is 12.5 Å². The molecule has 0 aliphatic heterocycles. The van der Waals surface area contributed by atoms with Crippen molar-refractivity contribution >= 4 is 15.9 Å². The Kier molecular flexibility index (Phi) is 5.17. The number of nitrogens with one attached hydrogen (secondary N) is 1. The maximum absolute atomic E-state index is 12.1. The monoisotopic (exact) mass is 330 g/mol. The van der Waals surface area contributed by atoms with E-state index in [4.69, 9.17) is 4.52 Å². The van der Waals surface area contributed by atoms with Crippen molar-refractivity contribution in [1.29, 1.82) is 0 Å². The van der Waals surface area contributed by atoms with Gasteiger partial charge in [-0.05, 0) is 19.8 Å². The van der Waals surface area contributed by atoms with Crippen LogP contribution in [0.1, 0.15) is 50.2 Å². The van der Waals surface area contributed by atoms with Crippen molar-refractivity contribution in [3.63, 3.8) is 0 Å². The summed E-state index contributed by atoms with van der Waals surface area (Å²) in [4.78, 5) is 17.8. The van der Waals surface area contributed by atoms with E-state index in [1.807, 2.05) is 0 Å².